The van der Waals surface area contributed by atoms with Gasteiger partial charge >= 0.3 is 0 Å². The highest BCUT2D eigenvalue weighted by Crippen LogP contribution is 2.28. The van der Waals surface area contributed by atoms with Crippen molar-refractivity contribution in [3.05, 3.63) is 17.3 Å². The Balaban J connectivity index is 1.66. The Morgan fingerprint density at radius 1 is 1.42 bits per heavy atom. The lowest BCUT2D eigenvalue weighted by molar-refractivity contribution is 0.198. The second-order valence-electron chi connectivity index (χ2n) is 5.48. The molecule has 5 nitrogen and oxygen atoms in total. The maximum atomic E-state index is 9.72. The molecule has 0 aromatic carbocycles. The topological polar surface area (TPSA) is 52.8 Å². The lowest BCUT2D eigenvalue weighted by Gasteiger charge is -2.17. The van der Waals surface area contributed by atoms with Gasteiger partial charge in [-0.2, -0.15) is 0 Å². The van der Waals surface area contributed by atoms with Crippen molar-refractivity contribution in [1.29, 1.82) is 0 Å². The predicted molar refractivity (Wildman–Crippen MR) is 75.8 cm³/mol. The van der Waals surface area contributed by atoms with Gasteiger partial charge in [-0.15, -0.1) is 11.3 Å². The summed E-state index contributed by atoms with van der Waals surface area (Å²) in [6, 6.07) is 0.696. The van der Waals surface area contributed by atoms with E-state index in [-0.39, 0.29) is 6.10 Å². The number of β-amino-alcohol motifs (C(OH)–C–C–N with tert-alkyl or cyclic N) is 1. The van der Waals surface area contributed by atoms with Gasteiger partial charge in [0.25, 0.3) is 0 Å². The second-order valence-corrected chi connectivity index (χ2v) is 6.35. The molecule has 1 aliphatic heterocycles. The molecule has 2 aromatic heterocycles. The van der Waals surface area contributed by atoms with Crippen molar-refractivity contribution < 1.29 is 5.11 Å². The Hall–Kier alpha value is -1.11. The summed E-state index contributed by atoms with van der Waals surface area (Å²) in [5.41, 5.74) is 1.23. The van der Waals surface area contributed by atoms with Gasteiger partial charge in [0, 0.05) is 37.3 Å². The molecule has 1 atom stereocenters. The lowest BCUT2D eigenvalue weighted by Crippen LogP contribution is -2.25. The van der Waals surface area contributed by atoms with E-state index in [1.807, 2.05) is 0 Å². The molecule has 1 unspecified atom stereocenters. The molecule has 0 amide bonds. The van der Waals surface area contributed by atoms with Crippen LogP contribution in [0.25, 0.3) is 4.96 Å². The zero-order chi connectivity index (χ0) is 12.8. The molecule has 2 N–H and O–H groups in total. The minimum Gasteiger partial charge on any atom is -0.391 e. The first kappa shape index (κ1) is 11.7. The quantitative estimate of drug-likeness (QED) is 0.883. The number of anilines is 1. The maximum Gasteiger partial charge on any atom is 0.195 e. The van der Waals surface area contributed by atoms with Crippen LogP contribution in [0.1, 0.15) is 25.0 Å². The Labute approximate surface area is 115 Å². The van der Waals surface area contributed by atoms with Crippen LogP contribution in [-0.2, 0) is 6.54 Å². The highest BCUT2D eigenvalue weighted by atomic mass is 32.1. The van der Waals surface area contributed by atoms with Gasteiger partial charge in [0.2, 0.25) is 0 Å². The Morgan fingerprint density at radius 2 is 2.32 bits per heavy atom. The zero-order valence-corrected chi connectivity index (χ0v) is 11.6. The van der Waals surface area contributed by atoms with Crippen LogP contribution in [0.15, 0.2) is 11.6 Å². The van der Waals surface area contributed by atoms with Gasteiger partial charge < -0.3 is 15.3 Å². The van der Waals surface area contributed by atoms with Gasteiger partial charge in [-0.3, -0.25) is 4.40 Å². The summed E-state index contributed by atoms with van der Waals surface area (Å²) in [5.74, 6) is 1.05. The molecule has 2 aliphatic rings. The van der Waals surface area contributed by atoms with E-state index in [1.165, 1.54) is 18.5 Å². The number of hydrogen-bond donors (Lipinski definition) is 2. The highest BCUT2D eigenvalue weighted by molar-refractivity contribution is 7.15. The number of hydrogen-bond acceptors (Lipinski definition) is 5. The summed E-state index contributed by atoms with van der Waals surface area (Å²) in [5, 5.41) is 15.4. The lowest BCUT2D eigenvalue weighted by atomic mass is 10.3. The molecule has 2 fully saturated rings. The van der Waals surface area contributed by atoms with E-state index in [2.05, 4.69) is 26.2 Å². The van der Waals surface area contributed by atoms with Crippen molar-refractivity contribution in [2.45, 2.75) is 38.0 Å². The van der Waals surface area contributed by atoms with Crippen molar-refractivity contribution in [1.82, 2.24) is 14.7 Å². The van der Waals surface area contributed by atoms with Gasteiger partial charge in [-0.05, 0) is 19.3 Å². The van der Waals surface area contributed by atoms with Crippen LogP contribution < -0.4 is 10.2 Å². The monoisotopic (exact) mass is 278 g/mol. The Kier molecular flexibility index (Phi) is 2.75. The third kappa shape index (κ3) is 2.13. The van der Waals surface area contributed by atoms with Gasteiger partial charge in [0.05, 0.1) is 11.8 Å². The van der Waals surface area contributed by atoms with E-state index >= 15 is 0 Å². The average molecular weight is 278 g/mol. The van der Waals surface area contributed by atoms with Gasteiger partial charge in [-0.25, -0.2) is 4.98 Å². The van der Waals surface area contributed by atoms with Crippen molar-refractivity contribution in [3.63, 3.8) is 0 Å². The van der Waals surface area contributed by atoms with Crippen molar-refractivity contribution in [2.24, 2.45) is 0 Å². The van der Waals surface area contributed by atoms with E-state index in [0.717, 1.165) is 30.3 Å². The van der Waals surface area contributed by atoms with Crippen LogP contribution in [0.4, 0.5) is 5.82 Å². The van der Waals surface area contributed by atoms with Crippen LogP contribution in [0.3, 0.4) is 0 Å². The molecular weight excluding hydrogens is 260 g/mol. The van der Waals surface area contributed by atoms with Gasteiger partial charge in [0.15, 0.2) is 10.8 Å². The molecule has 2 aromatic rings. The summed E-state index contributed by atoms with van der Waals surface area (Å²) in [4.78, 5) is 8.01. The molecule has 0 radical (unpaired) electrons. The summed E-state index contributed by atoms with van der Waals surface area (Å²) in [6.07, 6.45) is 5.32. The Morgan fingerprint density at radius 3 is 3.05 bits per heavy atom. The number of nitrogens with zero attached hydrogens (tertiary/aromatic N) is 3. The standard InChI is InChI=1S/C13H18N4OS/c18-10-3-4-16(8-10)12-11(7-14-9-1-2-9)17-5-6-19-13(17)15-12/h5-6,9-10,14,18H,1-4,7-8H2. The fraction of sp³-hybridized carbons (Fsp3) is 0.615. The molecule has 4 rings (SSSR count). The minimum atomic E-state index is -0.205. The first-order valence-corrected chi connectivity index (χ1v) is 7.80. The molecule has 1 saturated carbocycles. The van der Waals surface area contributed by atoms with E-state index < -0.39 is 0 Å². The normalized spacial score (nSPS) is 23.6. The molecule has 1 saturated heterocycles. The number of fused-ring (bicyclic) bond motifs is 1. The number of rotatable bonds is 4. The van der Waals surface area contributed by atoms with E-state index in [1.54, 1.807) is 11.3 Å². The number of aromatic nitrogens is 2. The fourth-order valence-corrected chi connectivity index (χ4v) is 3.43. The largest absolute Gasteiger partial charge is 0.391 e. The number of thiazole rings is 1. The van der Waals surface area contributed by atoms with E-state index in [0.29, 0.717) is 12.6 Å². The minimum absolute atomic E-state index is 0.205. The van der Waals surface area contributed by atoms with Crippen LogP contribution in [-0.4, -0.2) is 39.7 Å². The van der Waals surface area contributed by atoms with Crippen molar-refractivity contribution in [3.8, 4) is 0 Å². The second kappa shape index (κ2) is 4.47. The SMILES string of the molecule is OC1CCN(c2nc3sccn3c2CNC2CC2)C1. The first-order chi connectivity index (χ1) is 9.31. The van der Waals surface area contributed by atoms with Crippen molar-refractivity contribution in [2.75, 3.05) is 18.0 Å². The fourth-order valence-electron chi connectivity index (χ4n) is 2.70. The predicted octanol–water partition coefficient (Wildman–Crippen LogP) is 1.22. The molecule has 1 aliphatic carbocycles. The number of aliphatic hydroxyl groups is 1. The third-order valence-electron chi connectivity index (χ3n) is 3.94. The highest BCUT2D eigenvalue weighted by Gasteiger charge is 2.27. The average Bonchev–Trinajstić information content (AvgIpc) is 2.81. The molecule has 19 heavy (non-hydrogen) atoms. The molecule has 0 spiro atoms. The summed E-state index contributed by atoms with van der Waals surface area (Å²) < 4.78 is 2.18. The van der Waals surface area contributed by atoms with Crippen LogP contribution in [0.2, 0.25) is 0 Å². The maximum absolute atomic E-state index is 9.72. The van der Waals surface area contributed by atoms with E-state index in [4.69, 9.17) is 4.98 Å². The van der Waals surface area contributed by atoms with Gasteiger partial charge in [-0.1, -0.05) is 0 Å². The summed E-state index contributed by atoms with van der Waals surface area (Å²) in [7, 11) is 0. The van der Waals surface area contributed by atoms with Crippen LogP contribution >= 0.6 is 11.3 Å². The number of nitrogens with one attached hydrogen (secondary N) is 1. The molecule has 0 bridgehead atoms. The number of imidazole rings is 1. The van der Waals surface area contributed by atoms with E-state index in [9.17, 15) is 5.11 Å². The number of aliphatic hydroxyl groups excluding tert-OH is 1. The summed E-state index contributed by atoms with van der Waals surface area (Å²) in [6.45, 7) is 2.48. The first-order valence-electron chi connectivity index (χ1n) is 6.92. The van der Waals surface area contributed by atoms with Crippen molar-refractivity contribution >= 4 is 22.1 Å². The summed E-state index contributed by atoms with van der Waals surface area (Å²) >= 11 is 1.67. The molecular formula is C13H18N4OS. The smallest absolute Gasteiger partial charge is 0.195 e. The third-order valence-corrected chi connectivity index (χ3v) is 4.69. The molecule has 102 valence electrons. The molecule has 6 heteroatoms. The Bertz CT molecular complexity index is 588. The van der Waals surface area contributed by atoms with Crippen LogP contribution in [0, 0.1) is 0 Å². The molecule has 3 heterocycles. The van der Waals surface area contributed by atoms with Crippen LogP contribution in [0.5, 0.6) is 0 Å². The zero-order valence-electron chi connectivity index (χ0n) is 10.7. The van der Waals surface area contributed by atoms with Gasteiger partial charge in [0.1, 0.15) is 0 Å².